The van der Waals surface area contributed by atoms with Gasteiger partial charge in [0.25, 0.3) is 0 Å². The smallest absolute Gasteiger partial charge is 0.188 e. The van der Waals surface area contributed by atoms with Crippen LogP contribution in [0.25, 0.3) is 0 Å². The predicted octanol–water partition coefficient (Wildman–Crippen LogP) is 3.49. The minimum Gasteiger partial charge on any atom is -0.395 e. The third-order valence-electron chi connectivity index (χ3n) is 3.07. The molecular weight excluding hydrogens is 300 g/mol. The van der Waals surface area contributed by atoms with Crippen LogP contribution in [0, 0.1) is 32.6 Å². The van der Waals surface area contributed by atoms with Crippen LogP contribution < -0.4 is 0 Å². The van der Waals surface area contributed by atoms with E-state index in [9.17, 15) is 0 Å². The molecule has 0 fully saturated rings. The van der Waals surface area contributed by atoms with E-state index < -0.39 is 0 Å². The molecule has 2 aromatic rings. The van der Waals surface area contributed by atoms with Crippen LogP contribution in [-0.2, 0) is 5.75 Å². The van der Waals surface area contributed by atoms with Gasteiger partial charge in [0.05, 0.1) is 11.5 Å². The molecule has 0 atom stereocenters. The Bertz CT molecular complexity index is 660. The SMILES string of the molecule is Cc1nc(SCc2ccc(C#CCCO)s2)nc(C)c1C. The van der Waals surface area contributed by atoms with Crippen LogP contribution in [0.5, 0.6) is 0 Å². The second-order valence-electron chi connectivity index (χ2n) is 4.63. The van der Waals surface area contributed by atoms with Gasteiger partial charge in [-0.1, -0.05) is 23.6 Å². The minimum atomic E-state index is 0.116. The molecule has 5 heteroatoms. The first kappa shape index (κ1) is 16.0. The molecule has 2 aromatic heterocycles. The number of aliphatic hydroxyl groups is 1. The summed E-state index contributed by atoms with van der Waals surface area (Å²) in [4.78, 5) is 11.3. The summed E-state index contributed by atoms with van der Waals surface area (Å²) in [6.45, 7) is 6.21. The summed E-state index contributed by atoms with van der Waals surface area (Å²) in [7, 11) is 0. The van der Waals surface area contributed by atoms with E-state index in [1.807, 2.05) is 19.9 Å². The number of hydrogen-bond acceptors (Lipinski definition) is 5. The summed E-state index contributed by atoms with van der Waals surface area (Å²) in [6, 6.07) is 4.12. The molecule has 3 nitrogen and oxygen atoms in total. The maximum Gasteiger partial charge on any atom is 0.188 e. The lowest BCUT2D eigenvalue weighted by atomic mass is 10.2. The van der Waals surface area contributed by atoms with Crippen molar-refractivity contribution in [1.82, 2.24) is 9.97 Å². The van der Waals surface area contributed by atoms with Crippen molar-refractivity contribution in [2.75, 3.05) is 6.61 Å². The van der Waals surface area contributed by atoms with E-state index in [0.29, 0.717) is 6.42 Å². The van der Waals surface area contributed by atoms with Crippen molar-refractivity contribution in [2.45, 2.75) is 38.1 Å². The van der Waals surface area contributed by atoms with Crippen molar-refractivity contribution >= 4 is 23.1 Å². The number of rotatable bonds is 4. The van der Waals surface area contributed by atoms with E-state index in [-0.39, 0.29) is 6.61 Å². The van der Waals surface area contributed by atoms with Gasteiger partial charge in [-0.25, -0.2) is 9.97 Å². The van der Waals surface area contributed by atoms with Crippen molar-refractivity contribution < 1.29 is 5.11 Å². The molecule has 0 saturated heterocycles. The lowest BCUT2D eigenvalue weighted by Gasteiger charge is -2.05. The molecule has 2 heterocycles. The standard InChI is InChI=1S/C16H18N2OS2/c1-11-12(2)17-16(18-13(11)3)20-10-15-8-7-14(21-15)6-4-5-9-19/h7-8,19H,5,9-10H2,1-3H3. The number of nitrogens with zero attached hydrogens (tertiary/aromatic N) is 2. The first-order chi connectivity index (χ1) is 10.1. The van der Waals surface area contributed by atoms with Crippen LogP contribution in [0.3, 0.4) is 0 Å². The Hall–Kier alpha value is -1.35. The minimum absolute atomic E-state index is 0.116. The first-order valence-electron chi connectivity index (χ1n) is 6.73. The van der Waals surface area contributed by atoms with Gasteiger partial charge in [-0.05, 0) is 38.5 Å². The van der Waals surface area contributed by atoms with Crippen molar-refractivity contribution in [2.24, 2.45) is 0 Å². The van der Waals surface area contributed by atoms with Crippen molar-refractivity contribution in [3.05, 3.63) is 38.8 Å². The normalized spacial score (nSPS) is 10.3. The van der Waals surface area contributed by atoms with Crippen LogP contribution in [0.1, 0.15) is 33.1 Å². The highest BCUT2D eigenvalue weighted by Gasteiger charge is 2.06. The van der Waals surface area contributed by atoms with Crippen molar-refractivity contribution in [3.63, 3.8) is 0 Å². The fraction of sp³-hybridized carbons (Fsp3) is 0.375. The number of aromatic nitrogens is 2. The second kappa shape index (κ2) is 7.60. The summed E-state index contributed by atoms with van der Waals surface area (Å²) in [5, 5.41) is 9.54. The summed E-state index contributed by atoms with van der Waals surface area (Å²) < 4.78 is 0. The maximum atomic E-state index is 8.71. The number of thiophene rings is 1. The van der Waals surface area contributed by atoms with Gasteiger partial charge in [-0.15, -0.1) is 11.3 Å². The summed E-state index contributed by atoms with van der Waals surface area (Å²) in [5.41, 5.74) is 3.26. The Morgan fingerprint density at radius 3 is 2.57 bits per heavy atom. The van der Waals surface area contributed by atoms with Crippen LogP contribution in [-0.4, -0.2) is 21.7 Å². The lowest BCUT2D eigenvalue weighted by Crippen LogP contribution is -1.97. The van der Waals surface area contributed by atoms with Gasteiger partial charge < -0.3 is 5.11 Å². The van der Waals surface area contributed by atoms with Crippen LogP contribution in [0.2, 0.25) is 0 Å². The Labute approximate surface area is 133 Å². The zero-order valence-corrected chi connectivity index (χ0v) is 14.1. The fourth-order valence-corrected chi connectivity index (χ4v) is 3.53. The van der Waals surface area contributed by atoms with E-state index in [2.05, 4.69) is 34.8 Å². The Morgan fingerprint density at radius 2 is 1.90 bits per heavy atom. The van der Waals surface area contributed by atoms with Gasteiger partial charge in [0.1, 0.15) is 0 Å². The summed E-state index contributed by atoms with van der Waals surface area (Å²) >= 11 is 3.33. The third-order valence-corrected chi connectivity index (χ3v) is 5.15. The van der Waals surface area contributed by atoms with Gasteiger partial charge in [0.2, 0.25) is 0 Å². The number of aliphatic hydroxyl groups excluding tert-OH is 1. The number of hydrogen-bond donors (Lipinski definition) is 1. The third kappa shape index (κ3) is 4.57. The Balaban J connectivity index is 1.99. The quantitative estimate of drug-likeness (QED) is 0.532. The Morgan fingerprint density at radius 1 is 1.19 bits per heavy atom. The maximum absolute atomic E-state index is 8.71. The molecule has 0 bridgehead atoms. The highest BCUT2D eigenvalue weighted by atomic mass is 32.2. The highest BCUT2D eigenvalue weighted by molar-refractivity contribution is 7.98. The van der Waals surface area contributed by atoms with E-state index in [1.54, 1.807) is 23.1 Å². The largest absolute Gasteiger partial charge is 0.395 e. The molecule has 0 spiro atoms. The summed E-state index contributed by atoms with van der Waals surface area (Å²) in [5.74, 6) is 6.85. The predicted molar refractivity (Wildman–Crippen MR) is 88.7 cm³/mol. The molecular formula is C16H18N2OS2. The average molecular weight is 318 g/mol. The van der Waals surface area contributed by atoms with E-state index in [1.165, 1.54) is 4.88 Å². The van der Waals surface area contributed by atoms with Crippen LogP contribution in [0.4, 0.5) is 0 Å². The molecule has 0 radical (unpaired) electrons. The van der Waals surface area contributed by atoms with Crippen molar-refractivity contribution in [3.8, 4) is 11.8 Å². The molecule has 0 saturated carbocycles. The molecule has 0 unspecified atom stereocenters. The molecule has 0 aromatic carbocycles. The molecule has 0 aliphatic heterocycles. The zero-order valence-electron chi connectivity index (χ0n) is 12.4. The molecule has 110 valence electrons. The number of thioether (sulfide) groups is 1. The van der Waals surface area contributed by atoms with Gasteiger partial charge in [-0.2, -0.15) is 0 Å². The molecule has 0 aliphatic rings. The van der Waals surface area contributed by atoms with Crippen molar-refractivity contribution in [1.29, 1.82) is 0 Å². The monoisotopic (exact) mass is 318 g/mol. The Kier molecular flexibility index (Phi) is 5.80. The lowest BCUT2D eigenvalue weighted by molar-refractivity contribution is 0.305. The van der Waals surface area contributed by atoms with E-state index >= 15 is 0 Å². The van der Waals surface area contributed by atoms with Gasteiger partial charge in [0, 0.05) is 28.4 Å². The summed E-state index contributed by atoms with van der Waals surface area (Å²) in [6.07, 6.45) is 0.526. The van der Waals surface area contributed by atoms with Gasteiger partial charge in [-0.3, -0.25) is 0 Å². The van der Waals surface area contributed by atoms with Crippen LogP contribution in [0.15, 0.2) is 17.3 Å². The zero-order chi connectivity index (χ0) is 15.2. The molecule has 21 heavy (non-hydrogen) atoms. The van der Waals surface area contributed by atoms with Gasteiger partial charge >= 0.3 is 0 Å². The van der Waals surface area contributed by atoms with Gasteiger partial charge in [0.15, 0.2) is 5.16 Å². The highest BCUT2D eigenvalue weighted by Crippen LogP contribution is 2.25. The average Bonchev–Trinajstić information content (AvgIpc) is 2.90. The number of aryl methyl sites for hydroxylation is 2. The van der Waals surface area contributed by atoms with Crippen LogP contribution >= 0.6 is 23.1 Å². The topological polar surface area (TPSA) is 46.0 Å². The molecule has 2 rings (SSSR count). The fourth-order valence-electron chi connectivity index (χ4n) is 1.67. The molecule has 1 N–H and O–H groups in total. The molecule has 0 aliphatic carbocycles. The van der Waals surface area contributed by atoms with E-state index in [4.69, 9.17) is 5.11 Å². The second-order valence-corrected chi connectivity index (χ2v) is 6.74. The first-order valence-corrected chi connectivity index (χ1v) is 8.53. The van der Waals surface area contributed by atoms with E-state index in [0.717, 1.165) is 32.7 Å². The molecule has 0 amide bonds.